The molecule has 20 heavy (non-hydrogen) atoms. The first kappa shape index (κ1) is 14.6. The van der Waals surface area contributed by atoms with Gasteiger partial charge >= 0.3 is 0 Å². The summed E-state index contributed by atoms with van der Waals surface area (Å²) in [7, 11) is 1.91. The molecular formula is C12H18N6OS. The summed E-state index contributed by atoms with van der Waals surface area (Å²) in [5, 5.41) is 18.7. The Morgan fingerprint density at radius 3 is 3.10 bits per heavy atom. The molecule has 2 aromatic heterocycles. The number of amides is 1. The van der Waals surface area contributed by atoms with Crippen molar-refractivity contribution in [3.8, 4) is 0 Å². The summed E-state index contributed by atoms with van der Waals surface area (Å²) >= 11 is 1.64. The van der Waals surface area contributed by atoms with Crippen molar-refractivity contribution in [2.24, 2.45) is 0 Å². The molecule has 0 saturated carbocycles. The molecule has 1 unspecified atom stereocenters. The van der Waals surface area contributed by atoms with Gasteiger partial charge in [-0.1, -0.05) is 11.3 Å². The van der Waals surface area contributed by atoms with Gasteiger partial charge in [0, 0.05) is 17.3 Å². The second-order valence-corrected chi connectivity index (χ2v) is 5.68. The Bertz CT molecular complexity index is 512. The Balaban J connectivity index is 1.72. The second kappa shape index (κ2) is 7.11. The summed E-state index contributed by atoms with van der Waals surface area (Å²) in [5.41, 5.74) is 0. The lowest BCUT2D eigenvalue weighted by molar-refractivity contribution is -0.122. The highest BCUT2D eigenvalue weighted by atomic mass is 32.1. The van der Waals surface area contributed by atoms with Crippen LogP contribution in [-0.2, 0) is 17.8 Å². The quantitative estimate of drug-likeness (QED) is 0.774. The molecule has 1 atom stereocenters. The van der Waals surface area contributed by atoms with E-state index >= 15 is 0 Å². The number of hydrogen-bond donors (Lipinski definition) is 2. The van der Waals surface area contributed by atoms with Crippen molar-refractivity contribution < 1.29 is 4.79 Å². The van der Waals surface area contributed by atoms with Crippen molar-refractivity contribution in [2.75, 3.05) is 13.6 Å². The largest absolute Gasteiger partial charge is 0.350 e. The van der Waals surface area contributed by atoms with Gasteiger partial charge in [-0.3, -0.25) is 9.69 Å². The number of tetrazole rings is 1. The zero-order chi connectivity index (χ0) is 14.4. The van der Waals surface area contributed by atoms with E-state index in [1.807, 2.05) is 36.4 Å². The third kappa shape index (κ3) is 4.39. The predicted molar refractivity (Wildman–Crippen MR) is 76.1 cm³/mol. The van der Waals surface area contributed by atoms with E-state index in [4.69, 9.17) is 0 Å². The first-order valence-electron chi connectivity index (χ1n) is 6.37. The molecule has 2 heterocycles. The average molecular weight is 294 g/mol. The first-order valence-corrected chi connectivity index (χ1v) is 7.24. The number of aromatic amines is 1. The Kier molecular flexibility index (Phi) is 5.19. The van der Waals surface area contributed by atoms with E-state index in [0.29, 0.717) is 25.3 Å². The molecule has 0 radical (unpaired) electrons. The third-order valence-corrected chi connectivity index (χ3v) is 3.93. The molecule has 0 fully saturated rings. The summed E-state index contributed by atoms with van der Waals surface area (Å²) in [4.78, 5) is 15.0. The lowest BCUT2D eigenvalue weighted by Crippen LogP contribution is -2.40. The summed E-state index contributed by atoms with van der Waals surface area (Å²) < 4.78 is 0. The van der Waals surface area contributed by atoms with Gasteiger partial charge < -0.3 is 5.32 Å². The molecule has 0 spiro atoms. The smallest absolute Gasteiger partial charge is 0.234 e. The fraction of sp³-hybridized carbons (Fsp3) is 0.500. The summed E-state index contributed by atoms with van der Waals surface area (Å²) in [6, 6.07) is 4.15. The maximum absolute atomic E-state index is 11.9. The molecule has 0 bridgehead atoms. The third-order valence-electron chi connectivity index (χ3n) is 3.05. The fourth-order valence-electron chi connectivity index (χ4n) is 1.73. The Morgan fingerprint density at radius 1 is 1.60 bits per heavy atom. The highest BCUT2D eigenvalue weighted by Crippen LogP contribution is 2.07. The van der Waals surface area contributed by atoms with Gasteiger partial charge in [-0.15, -0.1) is 21.5 Å². The summed E-state index contributed by atoms with van der Waals surface area (Å²) in [6.07, 6.45) is 0.658. The molecular weight excluding hydrogens is 276 g/mol. The van der Waals surface area contributed by atoms with Crippen molar-refractivity contribution in [3.05, 3.63) is 28.2 Å². The molecule has 0 aliphatic heterocycles. The number of nitrogens with zero attached hydrogens (tertiary/aromatic N) is 4. The zero-order valence-corrected chi connectivity index (χ0v) is 12.4. The normalized spacial score (nSPS) is 12.6. The Hall–Kier alpha value is -1.80. The number of rotatable bonds is 7. The van der Waals surface area contributed by atoms with Crippen LogP contribution in [0.2, 0.25) is 0 Å². The molecule has 0 aliphatic rings. The molecule has 2 rings (SSSR count). The number of likely N-dealkylation sites (N-methyl/N-ethyl adjacent to an activating group) is 1. The van der Waals surface area contributed by atoms with E-state index < -0.39 is 0 Å². The van der Waals surface area contributed by atoms with E-state index in [-0.39, 0.29) is 11.9 Å². The molecule has 0 saturated heterocycles. The van der Waals surface area contributed by atoms with Crippen molar-refractivity contribution in [1.82, 2.24) is 30.8 Å². The van der Waals surface area contributed by atoms with Gasteiger partial charge in [0.15, 0.2) is 5.82 Å². The van der Waals surface area contributed by atoms with E-state index in [2.05, 4.69) is 25.9 Å². The summed E-state index contributed by atoms with van der Waals surface area (Å²) in [6.45, 7) is 2.97. The van der Waals surface area contributed by atoms with E-state index in [1.165, 1.54) is 0 Å². The SMILES string of the molecule is CC(Cc1nn[nH]n1)N(C)CC(=O)NCc1cccs1. The number of nitrogens with one attached hydrogen (secondary N) is 2. The van der Waals surface area contributed by atoms with Gasteiger partial charge in [0.25, 0.3) is 0 Å². The lowest BCUT2D eigenvalue weighted by atomic mass is 10.2. The van der Waals surface area contributed by atoms with Gasteiger partial charge in [0.1, 0.15) is 0 Å². The van der Waals surface area contributed by atoms with Crippen LogP contribution in [0.5, 0.6) is 0 Å². The molecule has 8 heteroatoms. The minimum atomic E-state index is 0.0147. The van der Waals surface area contributed by atoms with Gasteiger partial charge in [-0.2, -0.15) is 5.21 Å². The minimum Gasteiger partial charge on any atom is -0.350 e. The number of carbonyl (C=O) groups is 1. The monoisotopic (exact) mass is 294 g/mol. The standard InChI is InChI=1S/C12H18N6OS/c1-9(6-11-14-16-17-15-11)18(2)8-12(19)13-7-10-4-3-5-20-10/h3-5,9H,6-8H2,1-2H3,(H,13,19)(H,14,15,16,17). The Labute approximate surface area is 121 Å². The van der Waals surface area contributed by atoms with Crippen LogP contribution in [0.15, 0.2) is 17.5 Å². The van der Waals surface area contributed by atoms with E-state index in [0.717, 1.165) is 4.88 Å². The molecule has 0 aliphatic carbocycles. The van der Waals surface area contributed by atoms with Crippen molar-refractivity contribution in [3.63, 3.8) is 0 Å². The zero-order valence-electron chi connectivity index (χ0n) is 11.5. The van der Waals surface area contributed by atoms with Crippen LogP contribution in [-0.4, -0.2) is 51.1 Å². The highest BCUT2D eigenvalue weighted by Gasteiger charge is 2.15. The molecule has 0 aromatic carbocycles. The average Bonchev–Trinajstić information content (AvgIpc) is 3.09. The van der Waals surface area contributed by atoms with Crippen LogP contribution in [0.4, 0.5) is 0 Å². The van der Waals surface area contributed by atoms with Crippen LogP contribution < -0.4 is 5.32 Å². The fourth-order valence-corrected chi connectivity index (χ4v) is 2.37. The minimum absolute atomic E-state index is 0.0147. The van der Waals surface area contributed by atoms with Crippen molar-refractivity contribution in [2.45, 2.75) is 25.9 Å². The maximum Gasteiger partial charge on any atom is 0.234 e. The summed E-state index contributed by atoms with van der Waals surface area (Å²) in [5.74, 6) is 0.671. The van der Waals surface area contributed by atoms with Crippen LogP contribution in [0.3, 0.4) is 0 Å². The highest BCUT2D eigenvalue weighted by molar-refractivity contribution is 7.09. The molecule has 2 aromatic rings. The number of aromatic nitrogens is 4. The van der Waals surface area contributed by atoms with Crippen LogP contribution in [0.25, 0.3) is 0 Å². The molecule has 1 amide bonds. The lowest BCUT2D eigenvalue weighted by Gasteiger charge is -2.22. The van der Waals surface area contributed by atoms with Crippen molar-refractivity contribution in [1.29, 1.82) is 0 Å². The maximum atomic E-state index is 11.9. The number of carbonyl (C=O) groups excluding carboxylic acids is 1. The van der Waals surface area contributed by atoms with Gasteiger partial charge in [0.2, 0.25) is 5.91 Å². The number of hydrogen-bond acceptors (Lipinski definition) is 6. The number of H-pyrrole nitrogens is 1. The van der Waals surface area contributed by atoms with Gasteiger partial charge in [-0.05, 0) is 25.4 Å². The van der Waals surface area contributed by atoms with E-state index in [1.54, 1.807) is 11.3 Å². The molecule has 2 N–H and O–H groups in total. The second-order valence-electron chi connectivity index (χ2n) is 4.65. The van der Waals surface area contributed by atoms with Gasteiger partial charge in [-0.25, -0.2) is 0 Å². The number of thiophene rings is 1. The molecule has 7 nitrogen and oxygen atoms in total. The van der Waals surface area contributed by atoms with Crippen LogP contribution >= 0.6 is 11.3 Å². The first-order chi connectivity index (χ1) is 9.65. The predicted octanol–water partition coefficient (Wildman–Crippen LogP) is 0.440. The Morgan fingerprint density at radius 2 is 2.45 bits per heavy atom. The van der Waals surface area contributed by atoms with Crippen molar-refractivity contribution >= 4 is 17.2 Å². The topological polar surface area (TPSA) is 86.8 Å². The van der Waals surface area contributed by atoms with Gasteiger partial charge in [0.05, 0.1) is 13.1 Å². The van der Waals surface area contributed by atoms with E-state index in [9.17, 15) is 4.79 Å². The van der Waals surface area contributed by atoms with Crippen LogP contribution in [0.1, 0.15) is 17.6 Å². The van der Waals surface area contributed by atoms with Crippen LogP contribution in [0, 0.1) is 0 Å². The molecule has 108 valence electrons.